The lowest BCUT2D eigenvalue weighted by atomic mass is 9.90. The molecule has 2 aliphatic rings. The lowest BCUT2D eigenvalue weighted by Crippen LogP contribution is -2.46. The third kappa shape index (κ3) is 5.13. The van der Waals surface area contributed by atoms with E-state index in [9.17, 15) is 9.18 Å². The van der Waals surface area contributed by atoms with Crippen molar-refractivity contribution in [2.24, 2.45) is 4.99 Å². The largest absolute Gasteiger partial charge is 0.342 e. The fraction of sp³-hybridized carbons (Fsp3) is 0.333. The number of fused-ring (bicyclic) bond motifs is 1. The summed E-state index contributed by atoms with van der Waals surface area (Å²) < 4.78 is 14.3. The van der Waals surface area contributed by atoms with Crippen molar-refractivity contribution in [1.29, 1.82) is 0 Å². The monoisotopic (exact) mass is 518 g/mol. The Hall–Kier alpha value is -3.22. The molecule has 1 unspecified atom stereocenters. The molecule has 192 valence electrons. The number of hydrogen-bond acceptors (Lipinski definition) is 4. The second kappa shape index (κ2) is 10.3. The summed E-state index contributed by atoms with van der Waals surface area (Å²) >= 11 is 6.42. The Balaban J connectivity index is 1.63. The van der Waals surface area contributed by atoms with Crippen molar-refractivity contribution in [1.82, 2.24) is 10.2 Å². The number of nitrogens with one attached hydrogen (secondary N) is 1. The van der Waals surface area contributed by atoms with Gasteiger partial charge in [-0.15, -0.1) is 0 Å². The van der Waals surface area contributed by atoms with E-state index >= 15 is 0 Å². The minimum Gasteiger partial charge on any atom is -0.342 e. The van der Waals surface area contributed by atoms with E-state index in [4.69, 9.17) is 16.6 Å². The van der Waals surface area contributed by atoms with Gasteiger partial charge in [-0.2, -0.15) is 0 Å². The molecule has 2 heterocycles. The van der Waals surface area contributed by atoms with Crippen molar-refractivity contribution in [3.63, 3.8) is 0 Å². The Morgan fingerprint density at radius 1 is 1.11 bits per heavy atom. The van der Waals surface area contributed by atoms with Crippen molar-refractivity contribution in [3.05, 3.63) is 81.6 Å². The third-order valence-corrected chi connectivity index (χ3v) is 7.57. The van der Waals surface area contributed by atoms with Gasteiger partial charge in [0, 0.05) is 35.9 Å². The first kappa shape index (κ1) is 25.4. The van der Waals surface area contributed by atoms with Crippen LogP contribution in [0.4, 0.5) is 15.8 Å². The zero-order chi connectivity index (χ0) is 26.3. The predicted molar refractivity (Wildman–Crippen MR) is 150 cm³/mol. The van der Waals surface area contributed by atoms with Crippen molar-refractivity contribution < 1.29 is 9.18 Å². The van der Waals surface area contributed by atoms with Gasteiger partial charge >= 0.3 is 0 Å². The van der Waals surface area contributed by atoms with Crippen molar-refractivity contribution in [2.75, 3.05) is 25.0 Å². The fourth-order valence-electron chi connectivity index (χ4n) is 5.43. The van der Waals surface area contributed by atoms with E-state index in [0.717, 1.165) is 64.1 Å². The Morgan fingerprint density at radius 3 is 2.62 bits per heavy atom. The molecule has 5 rings (SSSR count). The van der Waals surface area contributed by atoms with Gasteiger partial charge in [0.15, 0.2) is 0 Å². The molecule has 0 aliphatic carbocycles. The molecule has 0 radical (unpaired) electrons. The van der Waals surface area contributed by atoms with Crippen LogP contribution in [0.25, 0.3) is 11.1 Å². The zero-order valence-electron chi connectivity index (χ0n) is 21.7. The lowest BCUT2D eigenvalue weighted by Gasteiger charge is -2.36. The van der Waals surface area contributed by atoms with Crippen LogP contribution in [0.1, 0.15) is 41.1 Å². The summed E-state index contributed by atoms with van der Waals surface area (Å²) in [5, 5.41) is 4.09. The van der Waals surface area contributed by atoms with Crippen LogP contribution < -0.4 is 10.2 Å². The molecular weight excluding hydrogens is 487 g/mol. The van der Waals surface area contributed by atoms with Crippen LogP contribution in [0.5, 0.6) is 0 Å². The van der Waals surface area contributed by atoms with Crippen LogP contribution in [-0.2, 0) is 4.79 Å². The van der Waals surface area contributed by atoms with Crippen LogP contribution >= 0.6 is 11.6 Å². The molecule has 5 nitrogen and oxygen atoms in total. The summed E-state index contributed by atoms with van der Waals surface area (Å²) in [5.41, 5.74) is 7.00. The molecular formula is C30H32ClFN4O. The molecule has 0 bridgehead atoms. The highest BCUT2D eigenvalue weighted by molar-refractivity contribution is 6.31. The summed E-state index contributed by atoms with van der Waals surface area (Å²) in [6.07, 6.45) is 3.90. The zero-order valence-corrected chi connectivity index (χ0v) is 22.4. The number of carbonyl (C=O) groups is 1. The summed E-state index contributed by atoms with van der Waals surface area (Å²) in [7, 11) is 1.86. The van der Waals surface area contributed by atoms with Gasteiger partial charge < -0.3 is 15.1 Å². The number of aryl methyl sites for hydroxylation is 3. The molecule has 1 N–H and O–H groups in total. The Kier molecular flexibility index (Phi) is 7.06. The van der Waals surface area contributed by atoms with Crippen molar-refractivity contribution in [3.8, 4) is 11.1 Å². The minimum atomic E-state index is -0.634. The quantitative estimate of drug-likeness (QED) is 0.419. The average molecular weight is 519 g/mol. The number of halogens is 2. The summed E-state index contributed by atoms with van der Waals surface area (Å²) in [6.45, 7) is 7.56. The molecule has 0 aromatic heterocycles. The van der Waals surface area contributed by atoms with Gasteiger partial charge in [-0.1, -0.05) is 17.7 Å². The number of carbonyl (C=O) groups excluding carboxylic acids is 1. The molecule has 1 amide bonds. The average Bonchev–Trinajstić information content (AvgIpc) is 3.36. The second-order valence-electron chi connectivity index (χ2n) is 10.2. The van der Waals surface area contributed by atoms with Gasteiger partial charge in [-0.05, 0) is 110 Å². The molecule has 2 aliphatic heterocycles. The Labute approximate surface area is 223 Å². The second-order valence-corrected chi connectivity index (χ2v) is 10.7. The van der Waals surface area contributed by atoms with E-state index in [1.54, 1.807) is 18.5 Å². The van der Waals surface area contributed by atoms with E-state index < -0.39 is 6.04 Å². The smallest absolute Gasteiger partial charge is 0.250 e. The number of hydrogen-bond donors (Lipinski definition) is 1. The Morgan fingerprint density at radius 2 is 1.89 bits per heavy atom. The first-order valence-corrected chi connectivity index (χ1v) is 13.1. The number of amides is 1. The summed E-state index contributed by atoms with van der Waals surface area (Å²) in [5.74, 6) is -0.312. The molecule has 3 aromatic rings. The third-order valence-electron chi connectivity index (χ3n) is 7.35. The topological polar surface area (TPSA) is 47.9 Å². The molecule has 1 saturated heterocycles. The van der Waals surface area contributed by atoms with E-state index in [1.807, 2.05) is 68.0 Å². The number of aliphatic imine (C=N–C) groups is 1. The van der Waals surface area contributed by atoms with Crippen LogP contribution in [0.15, 0.2) is 53.5 Å². The van der Waals surface area contributed by atoms with Crippen LogP contribution in [0.2, 0.25) is 5.02 Å². The van der Waals surface area contributed by atoms with Crippen LogP contribution in [0, 0.1) is 26.6 Å². The molecule has 1 fully saturated rings. The van der Waals surface area contributed by atoms with Gasteiger partial charge in [-0.25, -0.2) is 9.38 Å². The number of likely N-dealkylation sites (N-methyl/N-ethyl adjacent to an activating group) is 1. The van der Waals surface area contributed by atoms with E-state index in [-0.39, 0.29) is 17.8 Å². The molecule has 37 heavy (non-hydrogen) atoms. The normalized spacial score (nSPS) is 18.7. The number of rotatable bonds is 5. The number of nitrogens with zero attached hydrogens (tertiary/aromatic N) is 3. The lowest BCUT2D eigenvalue weighted by molar-refractivity contribution is -0.131. The molecule has 7 heteroatoms. The molecule has 2 atom stereocenters. The first-order chi connectivity index (χ1) is 17.7. The standard InChI is InChI=1S/C30H32ClFN4O/c1-18-10-21(31)13-24(11-18)36-17-34-28-12-20(3)26(25-14-22(32)8-7-19(25)2)15-27(28)29(36)30(37)35(4)16-23-6-5-9-33-23/h7-8,10-15,17,23,29,33H,5-6,9,16H2,1-4H3/t23-,29?/m0/s1. The van der Waals surface area contributed by atoms with Gasteiger partial charge in [0.25, 0.3) is 0 Å². The van der Waals surface area contributed by atoms with Gasteiger partial charge in [0.2, 0.25) is 5.91 Å². The van der Waals surface area contributed by atoms with E-state index in [1.165, 1.54) is 6.07 Å². The van der Waals surface area contributed by atoms with E-state index in [2.05, 4.69) is 5.32 Å². The minimum absolute atomic E-state index is 0.0236. The fourth-order valence-corrected chi connectivity index (χ4v) is 5.72. The SMILES string of the molecule is Cc1cc(Cl)cc(N2C=Nc3cc(C)c(-c4cc(F)ccc4C)cc3C2C(=O)N(C)C[C@@H]2CCCN2)c1. The number of benzene rings is 3. The highest BCUT2D eigenvalue weighted by atomic mass is 35.5. The van der Waals surface area contributed by atoms with Gasteiger partial charge in [-0.3, -0.25) is 4.79 Å². The van der Waals surface area contributed by atoms with Crippen LogP contribution in [0.3, 0.4) is 0 Å². The van der Waals surface area contributed by atoms with E-state index in [0.29, 0.717) is 11.6 Å². The molecule has 3 aromatic carbocycles. The predicted octanol–water partition coefficient (Wildman–Crippen LogP) is 6.50. The van der Waals surface area contributed by atoms with Crippen molar-refractivity contribution >= 4 is 35.2 Å². The first-order valence-electron chi connectivity index (χ1n) is 12.7. The van der Waals surface area contributed by atoms with Crippen molar-refractivity contribution in [2.45, 2.75) is 45.7 Å². The highest BCUT2D eigenvalue weighted by Gasteiger charge is 2.36. The summed E-state index contributed by atoms with van der Waals surface area (Å²) in [6, 6.07) is 14.2. The summed E-state index contributed by atoms with van der Waals surface area (Å²) in [4.78, 5) is 22.6. The highest BCUT2D eigenvalue weighted by Crippen LogP contribution is 2.42. The Bertz CT molecular complexity index is 1360. The molecule has 0 spiro atoms. The maximum atomic E-state index is 14.3. The van der Waals surface area contributed by atoms with Gasteiger partial charge in [0.1, 0.15) is 11.9 Å². The maximum absolute atomic E-state index is 14.3. The maximum Gasteiger partial charge on any atom is 0.250 e. The van der Waals surface area contributed by atoms with Gasteiger partial charge in [0.05, 0.1) is 12.0 Å². The molecule has 0 saturated carbocycles. The number of anilines is 1. The van der Waals surface area contributed by atoms with Crippen LogP contribution in [-0.4, -0.2) is 43.3 Å².